The molecule has 2 nitrogen and oxygen atoms in total. The lowest BCUT2D eigenvalue weighted by molar-refractivity contribution is 0.543. The first-order valence-corrected chi connectivity index (χ1v) is 11.5. The van der Waals surface area contributed by atoms with Crippen LogP contribution < -0.4 is 4.43 Å². The minimum absolute atomic E-state index is 0.0972. The molecule has 2 rings (SSSR count). The summed E-state index contributed by atoms with van der Waals surface area (Å²) in [5, 5.41) is 0. The molecule has 0 aliphatic heterocycles. The summed E-state index contributed by atoms with van der Waals surface area (Å²) in [5.41, 5.74) is 1.16. The van der Waals surface area contributed by atoms with Gasteiger partial charge < -0.3 is 4.43 Å². The van der Waals surface area contributed by atoms with Crippen molar-refractivity contribution in [3.05, 3.63) is 51.7 Å². The van der Waals surface area contributed by atoms with Crippen LogP contribution in [-0.4, -0.2) is 14.5 Å². The Kier molecular flexibility index (Phi) is 5.01. The summed E-state index contributed by atoms with van der Waals surface area (Å²) in [5.74, 6) is 0.976. The first kappa shape index (κ1) is 16.0. The third kappa shape index (κ3) is 4.83. The molecule has 21 heavy (non-hydrogen) atoms. The Morgan fingerprint density at radius 1 is 1.14 bits per heavy atom. The molecule has 0 spiro atoms. The Morgan fingerprint density at radius 3 is 2.48 bits per heavy atom. The van der Waals surface area contributed by atoms with Crippen molar-refractivity contribution >= 4 is 25.9 Å². The van der Waals surface area contributed by atoms with Gasteiger partial charge in [-0.3, -0.25) is 4.99 Å². The number of para-hydroxylation sites is 1. The van der Waals surface area contributed by atoms with E-state index in [0.29, 0.717) is 0 Å². The smallest absolute Gasteiger partial charge is 0.242 e. The SMILES string of the molecule is Cc1ccc(/C=N/C(C)c2ccccc2O[Si](C)(C)C)s1. The van der Waals surface area contributed by atoms with Gasteiger partial charge >= 0.3 is 0 Å². The van der Waals surface area contributed by atoms with E-state index in [1.807, 2.05) is 18.3 Å². The molecule has 0 fully saturated rings. The number of rotatable bonds is 5. The van der Waals surface area contributed by atoms with Crippen molar-refractivity contribution in [1.29, 1.82) is 0 Å². The van der Waals surface area contributed by atoms with Crippen LogP contribution >= 0.6 is 11.3 Å². The lowest BCUT2D eigenvalue weighted by atomic mass is 10.1. The molecule has 0 bridgehead atoms. The summed E-state index contributed by atoms with van der Waals surface area (Å²) in [6.07, 6.45) is 1.97. The van der Waals surface area contributed by atoms with E-state index in [1.54, 1.807) is 11.3 Å². The van der Waals surface area contributed by atoms with Crippen LogP contribution in [0.5, 0.6) is 5.75 Å². The zero-order chi connectivity index (χ0) is 15.5. The molecule has 1 aromatic heterocycles. The minimum Gasteiger partial charge on any atom is -0.544 e. The molecule has 0 amide bonds. The predicted octanol–water partition coefficient (Wildman–Crippen LogP) is 5.45. The molecule has 1 atom stereocenters. The number of hydrogen-bond donors (Lipinski definition) is 0. The maximum absolute atomic E-state index is 6.18. The van der Waals surface area contributed by atoms with E-state index >= 15 is 0 Å². The van der Waals surface area contributed by atoms with Crippen molar-refractivity contribution < 1.29 is 4.43 Å². The van der Waals surface area contributed by atoms with Crippen LogP contribution in [0.25, 0.3) is 0 Å². The molecule has 0 aliphatic carbocycles. The van der Waals surface area contributed by atoms with Crippen molar-refractivity contribution in [2.75, 3.05) is 0 Å². The van der Waals surface area contributed by atoms with E-state index in [0.717, 1.165) is 11.3 Å². The van der Waals surface area contributed by atoms with E-state index < -0.39 is 8.32 Å². The van der Waals surface area contributed by atoms with Crippen LogP contribution in [0.1, 0.15) is 28.3 Å². The molecule has 4 heteroatoms. The second-order valence-electron chi connectivity index (χ2n) is 6.15. The molecule has 0 aliphatic rings. The van der Waals surface area contributed by atoms with Gasteiger partial charge in [0.2, 0.25) is 8.32 Å². The first-order chi connectivity index (χ1) is 9.85. The normalized spacial score (nSPS) is 13.6. The van der Waals surface area contributed by atoms with Gasteiger partial charge in [-0.05, 0) is 51.7 Å². The summed E-state index contributed by atoms with van der Waals surface area (Å²) >= 11 is 1.77. The molecule has 1 aromatic carbocycles. The maximum Gasteiger partial charge on any atom is 0.242 e. The third-order valence-electron chi connectivity index (χ3n) is 2.97. The van der Waals surface area contributed by atoms with Crippen LogP contribution in [0.3, 0.4) is 0 Å². The fourth-order valence-corrected chi connectivity index (χ4v) is 3.64. The average molecular weight is 318 g/mol. The van der Waals surface area contributed by atoms with Gasteiger partial charge in [0.25, 0.3) is 0 Å². The summed E-state index contributed by atoms with van der Waals surface area (Å²) in [4.78, 5) is 7.20. The second-order valence-corrected chi connectivity index (χ2v) is 11.9. The summed E-state index contributed by atoms with van der Waals surface area (Å²) in [7, 11) is -1.61. The number of benzene rings is 1. The lowest BCUT2D eigenvalue weighted by Crippen LogP contribution is -2.29. The fraction of sp³-hybridized carbons (Fsp3) is 0.353. The second kappa shape index (κ2) is 6.58. The monoisotopic (exact) mass is 317 g/mol. The number of hydrogen-bond acceptors (Lipinski definition) is 3. The van der Waals surface area contributed by atoms with Gasteiger partial charge in [0.15, 0.2) is 0 Å². The summed E-state index contributed by atoms with van der Waals surface area (Å²) < 4.78 is 6.18. The Morgan fingerprint density at radius 2 is 1.86 bits per heavy atom. The molecule has 0 saturated carbocycles. The van der Waals surface area contributed by atoms with Crippen LogP contribution in [0, 0.1) is 6.92 Å². The van der Waals surface area contributed by atoms with Crippen LogP contribution in [-0.2, 0) is 0 Å². The van der Waals surface area contributed by atoms with Crippen molar-refractivity contribution in [2.45, 2.75) is 39.5 Å². The van der Waals surface area contributed by atoms with Crippen molar-refractivity contribution in [3.63, 3.8) is 0 Å². The van der Waals surface area contributed by atoms with Crippen LogP contribution in [0.4, 0.5) is 0 Å². The fourth-order valence-electron chi connectivity index (χ4n) is 2.04. The van der Waals surface area contributed by atoms with Crippen molar-refractivity contribution in [3.8, 4) is 5.75 Å². The highest BCUT2D eigenvalue weighted by molar-refractivity contribution is 7.13. The zero-order valence-electron chi connectivity index (χ0n) is 13.4. The Bertz CT molecular complexity index is 628. The molecule has 0 saturated heterocycles. The highest BCUT2D eigenvalue weighted by atomic mass is 32.1. The van der Waals surface area contributed by atoms with Crippen LogP contribution in [0.2, 0.25) is 19.6 Å². The topological polar surface area (TPSA) is 21.6 Å². The Balaban J connectivity index is 2.19. The predicted molar refractivity (Wildman–Crippen MR) is 95.5 cm³/mol. The molecule has 0 radical (unpaired) electrons. The quantitative estimate of drug-likeness (QED) is 0.531. The maximum atomic E-state index is 6.18. The van der Waals surface area contributed by atoms with Crippen molar-refractivity contribution in [2.24, 2.45) is 4.99 Å². The molecule has 1 unspecified atom stereocenters. The van der Waals surface area contributed by atoms with Gasteiger partial charge in [0.1, 0.15) is 5.75 Å². The molecular weight excluding hydrogens is 294 g/mol. The van der Waals surface area contributed by atoms with E-state index in [-0.39, 0.29) is 6.04 Å². The number of aryl methyl sites for hydroxylation is 1. The summed E-state index contributed by atoms with van der Waals surface area (Å²) in [6.45, 7) is 10.8. The largest absolute Gasteiger partial charge is 0.544 e. The van der Waals surface area contributed by atoms with Gasteiger partial charge in [-0.25, -0.2) is 0 Å². The standard InChI is InChI=1S/C17H23NOSSi/c1-13-10-11-15(20-13)12-18-14(2)16-8-6-7-9-17(16)19-21(3,4)5/h6-12,14H,1-5H3/b18-12+. The zero-order valence-corrected chi connectivity index (χ0v) is 15.2. The van der Waals surface area contributed by atoms with Crippen LogP contribution in [0.15, 0.2) is 41.4 Å². The van der Waals surface area contributed by atoms with E-state index in [2.05, 4.69) is 62.7 Å². The number of aliphatic imine (C=N–C) groups is 1. The van der Waals surface area contributed by atoms with Crippen molar-refractivity contribution in [1.82, 2.24) is 0 Å². The van der Waals surface area contributed by atoms with E-state index in [4.69, 9.17) is 4.43 Å². The minimum atomic E-state index is -1.61. The Hall–Kier alpha value is -1.39. The van der Waals surface area contributed by atoms with E-state index in [9.17, 15) is 0 Å². The van der Waals surface area contributed by atoms with Gasteiger partial charge in [0.05, 0.1) is 6.04 Å². The first-order valence-electron chi connectivity index (χ1n) is 7.23. The lowest BCUT2D eigenvalue weighted by Gasteiger charge is -2.22. The third-order valence-corrected chi connectivity index (χ3v) is 4.74. The number of nitrogens with zero attached hydrogens (tertiary/aromatic N) is 1. The van der Waals surface area contributed by atoms with E-state index in [1.165, 1.54) is 9.75 Å². The molecule has 2 aromatic rings. The molecular formula is C17H23NOSSi. The van der Waals surface area contributed by atoms with Gasteiger partial charge in [-0.2, -0.15) is 0 Å². The Labute approximate surface area is 132 Å². The highest BCUT2D eigenvalue weighted by Gasteiger charge is 2.19. The van der Waals surface area contributed by atoms with Gasteiger partial charge in [-0.15, -0.1) is 11.3 Å². The van der Waals surface area contributed by atoms with Gasteiger partial charge in [0, 0.05) is 21.5 Å². The number of thiophene rings is 1. The average Bonchev–Trinajstić information content (AvgIpc) is 2.80. The highest BCUT2D eigenvalue weighted by Crippen LogP contribution is 2.29. The molecule has 0 N–H and O–H groups in total. The molecule has 112 valence electrons. The summed E-state index contributed by atoms with van der Waals surface area (Å²) in [6, 6.07) is 12.6. The molecule has 1 heterocycles. The van der Waals surface area contributed by atoms with Gasteiger partial charge in [-0.1, -0.05) is 18.2 Å².